The largest absolute Gasteiger partial charge is 0.416 e. The third-order valence-corrected chi connectivity index (χ3v) is 4.09. The molecular weight excluding hydrogens is 369 g/mol. The summed E-state index contributed by atoms with van der Waals surface area (Å²) in [7, 11) is 0. The van der Waals surface area contributed by atoms with E-state index in [9.17, 15) is 13.2 Å². The van der Waals surface area contributed by atoms with Crippen LogP contribution in [-0.4, -0.2) is 20.2 Å². The lowest BCUT2D eigenvalue weighted by atomic mass is 10.1. The smallest absolute Gasteiger partial charge is 0.415 e. The van der Waals surface area contributed by atoms with Crippen molar-refractivity contribution in [2.75, 3.05) is 0 Å². The first-order valence-corrected chi connectivity index (χ1v) is 8.32. The number of aryl methyl sites for hydroxylation is 1. The van der Waals surface area contributed by atoms with Crippen molar-refractivity contribution in [3.8, 4) is 34.3 Å². The molecule has 5 nitrogen and oxygen atoms in total. The standard InChI is InChI=1S/C20H13F3N4O.H2/c1-12-17(19-27-26-18(28-19)13-6-3-2-4-7-13)25-16(11-24-12)14-8-5-9-15(10-14)20(21,22)23;/h2-11H,1H3;1H. The molecule has 0 N–H and O–H groups in total. The number of halogens is 3. The quantitative estimate of drug-likeness (QED) is 0.471. The second-order valence-corrected chi connectivity index (χ2v) is 6.05. The lowest BCUT2D eigenvalue weighted by Gasteiger charge is -2.09. The molecular formula is C20H15F3N4O. The molecule has 0 amide bonds. The minimum atomic E-state index is -4.44. The van der Waals surface area contributed by atoms with Crippen LogP contribution in [0.1, 0.15) is 12.7 Å². The molecule has 0 unspecified atom stereocenters. The topological polar surface area (TPSA) is 64.7 Å². The summed E-state index contributed by atoms with van der Waals surface area (Å²) in [5, 5.41) is 8.04. The highest BCUT2D eigenvalue weighted by molar-refractivity contribution is 5.64. The summed E-state index contributed by atoms with van der Waals surface area (Å²) in [4.78, 5) is 8.65. The predicted octanol–water partition coefficient (Wildman–Crippen LogP) is 5.43. The van der Waals surface area contributed by atoms with Crippen LogP contribution in [-0.2, 0) is 6.18 Å². The van der Waals surface area contributed by atoms with E-state index in [-0.39, 0.29) is 13.0 Å². The van der Waals surface area contributed by atoms with Crippen molar-refractivity contribution in [1.82, 2.24) is 20.2 Å². The van der Waals surface area contributed by atoms with Crippen molar-refractivity contribution < 1.29 is 19.0 Å². The maximum atomic E-state index is 13.0. The number of nitrogens with zero attached hydrogens (tertiary/aromatic N) is 4. The SMILES string of the molecule is Cc1ncc(-c2cccc(C(F)(F)F)c2)nc1-c1nnc(-c2ccccc2)o1.[HH]. The molecule has 0 aliphatic heterocycles. The minimum Gasteiger partial charge on any atom is -0.415 e. The van der Waals surface area contributed by atoms with Gasteiger partial charge in [-0.2, -0.15) is 13.2 Å². The van der Waals surface area contributed by atoms with Crippen LogP contribution < -0.4 is 0 Å². The minimum absolute atomic E-state index is 0. The summed E-state index contributed by atoms with van der Waals surface area (Å²) in [6.07, 6.45) is -3.02. The summed E-state index contributed by atoms with van der Waals surface area (Å²) in [5.74, 6) is 0.471. The normalized spacial score (nSPS) is 11.6. The highest BCUT2D eigenvalue weighted by Gasteiger charge is 2.30. The van der Waals surface area contributed by atoms with Crippen molar-refractivity contribution in [2.24, 2.45) is 0 Å². The molecule has 142 valence electrons. The number of benzene rings is 2. The van der Waals surface area contributed by atoms with E-state index in [4.69, 9.17) is 4.42 Å². The molecule has 4 aromatic rings. The number of aromatic nitrogens is 4. The summed E-state index contributed by atoms with van der Waals surface area (Å²) in [6, 6.07) is 14.1. The fraction of sp³-hybridized carbons (Fsp3) is 0.100. The van der Waals surface area contributed by atoms with Gasteiger partial charge in [-0.1, -0.05) is 30.3 Å². The molecule has 2 aromatic heterocycles. The van der Waals surface area contributed by atoms with E-state index < -0.39 is 11.7 Å². The van der Waals surface area contributed by atoms with Crippen LogP contribution >= 0.6 is 0 Å². The number of hydrogen-bond acceptors (Lipinski definition) is 5. The van der Waals surface area contributed by atoms with Gasteiger partial charge in [0.05, 0.1) is 23.1 Å². The van der Waals surface area contributed by atoms with Crippen molar-refractivity contribution in [3.05, 3.63) is 72.1 Å². The van der Waals surface area contributed by atoms with Crippen LogP contribution in [0.15, 0.2) is 65.2 Å². The third kappa shape index (κ3) is 3.48. The fourth-order valence-corrected chi connectivity index (χ4v) is 2.66. The Hall–Kier alpha value is -3.55. The molecule has 0 fully saturated rings. The van der Waals surface area contributed by atoms with E-state index in [1.54, 1.807) is 13.0 Å². The zero-order chi connectivity index (χ0) is 19.7. The van der Waals surface area contributed by atoms with E-state index in [1.165, 1.54) is 12.3 Å². The Balaban J connectivity index is 0.00000240. The van der Waals surface area contributed by atoms with Crippen LogP contribution in [0.25, 0.3) is 34.3 Å². The van der Waals surface area contributed by atoms with Gasteiger partial charge in [0.1, 0.15) is 5.69 Å². The maximum absolute atomic E-state index is 13.0. The lowest BCUT2D eigenvalue weighted by molar-refractivity contribution is -0.137. The van der Waals surface area contributed by atoms with Crippen LogP contribution in [0.4, 0.5) is 13.2 Å². The third-order valence-electron chi connectivity index (χ3n) is 4.09. The summed E-state index contributed by atoms with van der Waals surface area (Å²) in [5.41, 5.74) is 1.43. The van der Waals surface area contributed by atoms with Crippen LogP contribution in [0, 0.1) is 6.92 Å². The van der Waals surface area contributed by atoms with Gasteiger partial charge < -0.3 is 4.42 Å². The molecule has 2 aromatic carbocycles. The molecule has 0 bridgehead atoms. The molecule has 0 saturated heterocycles. The van der Waals surface area contributed by atoms with Gasteiger partial charge in [-0.05, 0) is 31.2 Å². The Morgan fingerprint density at radius 2 is 1.61 bits per heavy atom. The fourth-order valence-electron chi connectivity index (χ4n) is 2.66. The Labute approximate surface area is 159 Å². The van der Waals surface area contributed by atoms with E-state index in [1.807, 2.05) is 30.3 Å². The van der Waals surface area contributed by atoms with Crippen LogP contribution in [0.3, 0.4) is 0 Å². The Bertz CT molecular complexity index is 1130. The molecule has 0 aliphatic rings. The molecule has 0 saturated carbocycles. The summed E-state index contributed by atoms with van der Waals surface area (Å²) in [6.45, 7) is 1.71. The van der Waals surface area contributed by atoms with E-state index >= 15 is 0 Å². The molecule has 0 radical (unpaired) electrons. The lowest BCUT2D eigenvalue weighted by Crippen LogP contribution is -2.05. The van der Waals surface area contributed by atoms with E-state index in [2.05, 4.69) is 20.2 Å². The van der Waals surface area contributed by atoms with Crippen molar-refractivity contribution >= 4 is 0 Å². The zero-order valence-corrected chi connectivity index (χ0v) is 14.6. The van der Waals surface area contributed by atoms with Gasteiger partial charge in [-0.15, -0.1) is 10.2 Å². The first-order chi connectivity index (χ1) is 13.4. The summed E-state index contributed by atoms with van der Waals surface area (Å²) >= 11 is 0. The van der Waals surface area contributed by atoms with Gasteiger partial charge in [0, 0.05) is 12.6 Å². The molecule has 0 atom stereocenters. The number of rotatable bonds is 3. The van der Waals surface area contributed by atoms with Crippen LogP contribution in [0.5, 0.6) is 0 Å². The highest BCUT2D eigenvalue weighted by Crippen LogP contribution is 2.32. The Morgan fingerprint density at radius 3 is 2.36 bits per heavy atom. The molecule has 0 spiro atoms. The Morgan fingerprint density at radius 1 is 0.893 bits per heavy atom. The van der Waals surface area contributed by atoms with Crippen molar-refractivity contribution in [3.63, 3.8) is 0 Å². The summed E-state index contributed by atoms with van der Waals surface area (Å²) < 4.78 is 44.7. The average molecular weight is 384 g/mol. The first-order valence-electron chi connectivity index (χ1n) is 8.32. The highest BCUT2D eigenvalue weighted by atomic mass is 19.4. The van der Waals surface area contributed by atoms with Crippen LogP contribution in [0.2, 0.25) is 0 Å². The van der Waals surface area contributed by atoms with E-state index in [0.717, 1.165) is 17.7 Å². The van der Waals surface area contributed by atoms with Gasteiger partial charge >= 0.3 is 6.18 Å². The number of alkyl halides is 3. The van der Waals surface area contributed by atoms with Gasteiger partial charge in [0.2, 0.25) is 5.89 Å². The maximum Gasteiger partial charge on any atom is 0.416 e. The number of hydrogen-bond donors (Lipinski definition) is 0. The molecule has 2 heterocycles. The predicted molar refractivity (Wildman–Crippen MR) is 98.0 cm³/mol. The molecule has 28 heavy (non-hydrogen) atoms. The zero-order valence-electron chi connectivity index (χ0n) is 14.6. The van der Waals surface area contributed by atoms with Gasteiger partial charge in [0.15, 0.2) is 0 Å². The molecule has 0 aliphatic carbocycles. The Kier molecular flexibility index (Phi) is 4.38. The monoisotopic (exact) mass is 384 g/mol. The molecule has 8 heteroatoms. The van der Waals surface area contributed by atoms with Gasteiger partial charge in [-0.3, -0.25) is 4.98 Å². The second kappa shape index (κ2) is 6.88. The average Bonchev–Trinajstić information content (AvgIpc) is 3.18. The first kappa shape index (κ1) is 17.8. The second-order valence-electron chi connectivity index (χ2n) is 6.05. The van der Waals surface area contributed by atoms with Gasteiger partial charge in [0.25, 0.3) is 5.89 Å². The molecule has 4 rings (SSSR count). The van der Waals surface area contributed by atoms with Crippen molar-refractivity contribution in [2.45, 2.75) is 13.1 Å². The van der Waals surface area contributed by atoms with Crippen molar-refractivity contribution in [1.29, 1.82) is 0 Å². The van der Waals surface area contributed by atoms with E-state index in [0.29, 0.717) is 22.8 Å². The van der Waals surface area contributed by atoms with Gasteiger partial charge in [-0.25, -0.2) is 4.98 Å².